The first-order valence-electron chi connectivity index (χ1n) is 5.70. The van der Waals surface area contributed by atoms with Gasteiger partial charge in [0.05, 0.1) is 4.91 Å². The van der Waals surface area contributed by atoms with E-state index in [1.54, 1.807) is 14.0 Å². The molecular weight excluding hydrogens is 270 g/mol. The molecule has 2 amide bonds. The molecule has 0 bridgehead atoms. The number of carbonyl (C=O) groups is 2. The first-order chi connectivity index (χ1) is 8.49. The molecule has 0 saturated carbocycles. The van der Waals surface area contributed by atoms with E-state index in [9.17, 15) is 9.59 Å². The fraction of sp³-hybridized carbons (Fsp3) is 0.545. The maximum atomic E-state index is 11.8. The van der Waals surface area contributed by atoms with Gasteiger partial charge in [-0.3, -0.25) is 14.5 Å². The lowest BCUT2D eigenvalue weighted by Crippen LogP contribution is -2.46. The smallest absolute Gasteiger partial charge is 0.267 e. The summed E-state index contributed by atoms with van der Waals surface area (Å²) in [6, 6.07) is 0. The predicted octanol–water partition coefficient (Wildman–Crippen LogP) is 0.482. The summed E-state index contributed by atoms with van der Waals surface area (Å²) in [5.41, 5.74) is 0. The Kier molecular flexibility index (Phi) is 3.91. The van der Waals surface area contributed by atoms with Gasteiger partial charge in [0.2, 0.25) is 5.91 Å². The molecule has 2 aliphatic rings. The maximum Gasteiger partial charge on any atom is 0.267 e. The molecule has 98 valence electrons. The quantitative estimate of drug-likeness (QED) is 0.518. The van der Waals surface area contributed by atoms with Gasteiger partial charge in [-0.15, -0.1) is 0 Å². The van der Waals surface area contributed by atoms with Crippen LogP contribution in [0.1, 0.15) is 6.92 Å². The number of thioether (sulfide) groups is 1. The van der Waals surface area contributed by atoms with Crippen LogP contribution in [0.5, 0.6) is 0 Å². The Bertz CT molecular complexity index is 428. The van der Waals surface area contributed by atoms with Gasteiger partial charge < -0.3 is 9.80 Å². The fourth-order valence-electron chi connectivity index (χ4n) is 1.87. The molecule has 0 aromatic heterocycles. The van der Waals surface area contributed by atoms with Crippen molar-refractivity contribution >= 4 is 40.1 Å². The van der Waals surface area contributed by atoms with Crippen molar-refractivity contribution in [3.8, 4) is 0 Å². The molecule has 0 atom stereocenters. The number of nitrogens with zero attached hydrogens (tertiary/aromatic N) is 3. The van der Waals surface area contributed by atoms with Crippen molar-refractivity contribution in [3.63, 3.8) is 0 Å². The number of piperazine rings is 1. The summed E-state index contributed by atoms with van der Waals surface area (Å²) in [7, 11) is 1.69. The lowest BCUT2D eigenvalue weighted by Gasteiger charge is -2.33. The van der Waals surface area contributed by atoms with E-state index >= 15 is 0 Å². The zero-order valence-corrected chi connectivity index (χ0v) is 12.0. The summed E-state index contributed by atoms with van der Waals surface area (Å²) in [5, 5.41) is 0. The van der Waals surface area contributed by atoms with Crippen LogP contribution in [0.2, 0.25) is 0 Å². The van der Waals surface area contributed by atoms with Crippen molar-refractivity contribution in [1.29, 1.82) is 0 Å². The standard InChI is InChI=1S/C11H15N3O2S2/c1-8(15)14-5-3-13(4-6-14)7-9-10(16)12(2)11(17)18-9/h7H,3-6H2,1-2H3/b9-7-. The molecule has 7 heteroatoms. The Hall–Kier alpha value is -1.08. The number of hydrogen-bond acceptors (Lipinski definition) is 5. The van der Waals surface area contributed by atoms with Gasteiger partial charge in [-0.25, -0.2) is 0 Å². The summed E-state index contributed by atoms with van der Waals surface area (Å²) in [5.74, 6) is 0.0635. The van der Waals surface area contributed by atoms with E-state index in [-0.39, 0.29) is 11.8 Å². The van der Waals surface area contributed by atoms with Crippen molar-refractivity contribution in [2.45, 2.75) is 6.92 Å². The summed E-state index contributed by atoms with van der Waals surface area (Å²) < 4.78 is 0.591. The van der Waals surface area contributed by atoms with E-state index in [2.05, 4.69) is 4.90 Å². The van der Waals surface area contributed by atoms with Gasteiger partial charge in [0.25, 0.3) is 5.91 Å². The Balaban J connectivity index is 1.97. The summed E-state index contributed by atoms with van der Waals surface area (Å²) >= 11 is 6.40. The van der Waals surface area contributed by atoms with Gasteiger partial charge in [-0.2, -0.15) is 0 Å². The third-order valence-corrected chi connectivity index (χ3v) is 4.52. The Morgan fingerprint density at radius 2 is 1.94 bits per heavy atom. The highest BCUT2D eigenvalue weighted by molar-refractivity contribution is 8.26. The van der Waals surface area contributed by atoms with Crippen LogP contribution < -0.4 is 0 Å². The first kappa shape index (κ1) is 13.4. The van der Waals surface area contributed by atoms with E-state index in [0.717, 1.165) is 13.1 Å². The summed E-state index contributed by atoms with van der Waals surface area (Å²) in [6.07, 6.45) is 1.86. The number of thiocarbonyl (C=S) groups is 1. The third-order valence-electron chi connectivity index (χ3n) is 3.05. The van der Waals surface area contributed by atoms with Crippen LogP contribution in [-0.4, -0.2) is 64.1 Å². The fourth-order valence-corrected chi connectivity index (χ4v) is 3.05. The zero-order chi connectivity index (χ0) is 13.3. The van der Waals surface area contributed by atoms with Crippen molar-refractivity contribution in [1.82, 2.24) is 14.7 Å². The molecule has 2 heterocycles. The average molecular weight is 285 g/mol. The highest BCUT2D eigenvalue weighted by Crippen LogP contribution is 2.29. The largest absolute Gasteiger partial charge is 0.373 e. The molecule has 0 unspecified atom stereocenters. The number of rotatable bonds is 1. The van der Waals surface area contributed by atoms with Gasteiger partial charge in [0, 0.05) is 46.4 Å². The maximum absolute atomic E-state index is 11.8. The second-order valence-corrected chi connectivity index (χ2v) is 5.94. The first-order valence-corrected chi connectivity index (χ1v) is 6.93. The molecule has 2 saturated heterocycles. The second kappa shape index (κ2) is 5.27. The number of amides is 2. The molecule has 0 aromatic rings. The molecule has 2 rings (SSSR count). The zero-order valence-electron chi connectivity index (χ0n) is 10.4. The van der Waals surface area contributed by atoms with Gasteiger partial charge in [-0.1, -0.05) is 24.0 Å². The lowest BCUT2D eigenvalue weighted by molar-refractivity contribution is -0.130. The Morgan fingerprint density at radius 1 is 1.33 bits per heavy atom. The molecule has 18 heavy (non-hydrogen) atoms. The number of hydrogen-bond donors (Lipinski definition) is 0. The lowest BCUT2D eigenvalue weighted by atomic mass is 10.3. The molecule has 0 spiro atoms. The molecule has 2 aliphatic heterocycles. The van der Waals surface area contributed by atoms with E-state index < -0.39 is 0 Å². The van der Waals surface area contributed by atoms with Crippen LogP contribution >= 0.6 is 24.0 Å². The summed E-state index contributed by atoms with van der Waals surface area (Å²) in [4.78, 5) is 29.1. The van der Waals surface area contributed by atoms with E-state index in [4.69, 9.17) is 12.2 Å². The molecule has 0 aliphatic carbocycles. The van der Waals surface area contributed by atoms with Crippen LogP contribution in [0.4, 0.5) is 0 Å². The minimum Gasteiger partial charge on any atom is -0.373 e. The predicted molar refractivity (Wildman–Crippen MR) is 74.9 cm³/mol. The molecule has 0 N–H and O–H groups in total. The monoisotopic (exact) mass is 285 g/mol. The topological polar surface area (TPSA) is 43.9 Å². The second-order valence-electron chi connectivity index (χ2n) is 4.27. The van der Waals surface area contributed by atoms with Crippen molar-refractivity contribution < 1.29 is 9.59 Å². The van der Waals surface area contributed by atoms with Crippen molar-refractivity contribution in [2.75, 3.05) is 33.2 Å². The van der Waals surface area contributed by atoms with Crippen LogP contribution in [0.3, 0.4) is 0 Å². The summed E-state index contributed by atoms with van der Waals surface area (Å²) in [6.45, 7) is 4.51. The van der Waals surface area contributed by atoms with E-state index in [1.165, 1.54) is 16.7 Å². The van der Waals surface area contributed by atoms with Crippen LogP contribution in [0, 0.1) is 0 Å². The Morgan fingerprint density at radius 3 is 2.39 bits per heavy atom. The van der Waals surface area contributed by atoms with Crippen LogP contribution in [0.15, 0.2) is 11.1 Å². The average Bonchev–Trinajstić information content (AvgIpc) is 2.58. The van der Waals surface area contributed by atoms with Crippen LogP contribution in [-0.2, 0) is 9.59 Å². The Labute approximate surface area is 116 Å². The molecule has 0 aromatic carbocycles. The number of carbonyl (C=O) groups excluding carboxylic acids is 2. The number of likely N-dealkylation sites (N-methyl/N-ethyl adjacent to an activating group) is 1. The SMILES string of the molecule is CC(=O)N1CCN(/C=C2\SC(=S)N(C)C2=O)CC1. The minimum atomic E-state index is -0.0426. The van der Waals surface area contributed by atoms with Gasteiger partial charge >= 0.3 is 0 Å². The highest BCUT2D eigenvalue weighted by atomic mass is 32.2. The third kappa shape index (κ3) is 2.67. The van der Waals surface area contributed by atoms with Crippen LogP contribution in [0.25, 0.3) is 0 Å². The van der Waals surface area contributed by atoms with Gasteiger partial charge in [-0.05, 0) is 0 Å². The van der Waals surface area contributed by atoms with E-state index in [0.29, 0.717) is 22.3 Å². The van der Waals surface area contributed by atoms with Crippen molar-refractivity contribution in [3.05, 3.63) is 11.1 Å². The molecule has 2 fully saturated rings. The molecular formula is C11H15N3O2S2. The van der Waals surface area contributed by atoms with E-state index in [1.807, 2.05) is 11.1 Å². The molecule has 5 nitrogen and oxygen atoms in total. The minimum absolute atomic E-state index is 0.0426. The highest BCUT2D eigenvalue weighted by Gasteiger charge is 2.29. The van der Waals surface area contributed by atoms with Gasteiger partial charge in [0.1, 0.15) is 4.32 Å². The normalized spacial score (nSPS) is 23.2. The van der Waals surface area contributed by atoms with Crippen molar-refractivity contribution in [2.24, 2.45) is 0 Å². The van der Waals surface area contributed by atoms with Gasteiger partial charge in [0.15, 0.2) is 0 Å². The molecule has 0 radical (unpaired) electrons.